The number of rotatable bonds is 5. The van der Waals surface area contributed by atoms with Gasteiger partial charge >= 0.3 is 0 Å². The van der Waals surface area contributed by atoms with Crippen LogP contribution < -0.4 is 0 Å². The molecule has 1 rings (SSSR count). The molecule has 0 saturated carbocycles. The summed E-state index contributed by atoms with van der Waals surface area (Å²) in [4.78, 5) is 14.0. The monoisotopic (exact) mass is 291 g/mol. The van der Waals surface area contributed by atoms with Crippen LogP contribution in [0, 0.1) is 5.92 Å². The van der Waals surface area contributed by atoms with Crippen LogP contribution in [-0.4, -0.2) is 68.1 Å². The molecule has 1 saturated heterocycles. The second kappa shape index (κ2) is 6.67. The van der Waals surface area contributed by atoms with Crippen LogP contribution in [0.3, 0.4) is 0 Å². The number of hydrogen-bond acceptors (Lipinski definition) is 3. The first-order valence-corrected chi connectivity index (χ1v) is 8.20. The summed E-state index contributed by atoms with van der Waals surface area (Å²) in [5.41, 5.74) is 0. The van der Waals surface area contributed by atoms with Gasteiger partial charge in [0.15, 0.2) is 0 Å². The summed E-state index contributed by atoms with van der Waals surface area (Å²) in [6.45, 7) is 6.22. The van der Waals surface area contributed by atoms with E-state index in [1.165, 1.54) is 22.7 Å². The van der Waals surface area contributed by atoms with E-state index < -0.39 is 10.2 Å². The smallest absolute Gasteiger partial charge is 0.281 e. The summed E-state index contributed by atoms with van der Waals surface area (Å²) in [5.74, 6) is 0.125. The second-order valence-corrected chi connectivity index (χ2v) is 7.12. The van der Waals surface area contributed by atoms with Gasteiger partial charge in [0.05, 0.1) is 0 Å². The number of hydrogen-bond donors (Lipinski definition) is 0. The van der Waals surface area contributed by atoms with E-state index in [2.05, 4.69) is 0 Å². The Morgan fingerprint density at radius 2 is 1.63 bits per heavy atom. The third kappa shape index (κ3) is 3.67. The molecule has 7 heteroatoms. The molecule has 0 aromatic rings. The van der Waals surface area contributed by atoms with Crippen molar-refractivity contribution in [1.82, 2.24) is 13.5 Å². The Kier molecular flexibility index (Phi) is 5.76. The van der Waals surface area contributed by atoms with E-state index >= 15 is 0 Å². The minimum atomic E-state index is -3.34. The van der Waals surface area contributed by atoms with Gasteiger partial charge in [-0.3, -0.25) is 4.79 Å². The summed E-state index contributed by atoms with van der Waals surface area (Å²) >= 11 is 0. The van der Waals surface area contributed by atoms with Gasteiger partial charge in [-0.1, -0.05) is 0 Å². The van der Waals surface area contributed by atoms with E-state index in [1.807, 2.05) is 18.7 Å². The van der Waals surface area contributed by atoms with Gasteiger partial charge in [0.25, 0.3) is 10.2 Å². The maximum Gasteiger partial charge on any atom is 0.281 e. The van der Waals surface area contributed by atoms with Gasteiger partial charge in [-0.05, 0) is 26.7 Å². The fraction of sp³-hybridized carbons (Fsp3) is 0.917. The van der Waals surface area contributed by atoms with Crippen LogP contribution in [0.5, 0.6) is 0 Å². The fourth-order valence-corrected chi connectivity index (χ4v) is 3.49. The molecule has 0 spiro atoms. The zero-order valence-electron chi connectivity index (χ0n) is 12.3. The average Bonchev–Trinajstić information content (AvgIpc) is 2.40. The van der Waals surface area contributed by atoms with Crippen molar-refractivity contribution >= 4 is 16.1 Å². The van der Waals surface area contributed by atoms with Crippen molar-refractivity contribution in [3.05, 3.63) is 0 Å². The van der Waals surface area contributed by atoms with Crippen LogP contribution in [0.2, 0.25) is 0 Å². The summed E-state index contributed by atoms with van der Waals surface area (Å²) in [6.07, 6.45) is 1.23. The minimum absolute atomic E-state index is 0.0338. The summed E-state index contributed by atoms with van der Waals surface area (Å²) in [7, 11) is -0.278. The van der Waals surface area contributed by atoms with Gasteiger partial charge in [-0.2, -0.15) is 17.0 Å². The standard InChI is InChI=1S/C12H25N3O3S/c1-5-14(6-2)12(16)11-7-9-15(10-8-11)19(17,18)13(3)4/h11H,5-10H2,1-4H3. The number of carbonyl (C=O) groups is 1. The first kappa shape index (κ1) is 16.4. The molecule has 1 amide bonds. The lowest BCUT2D eigenvalue weighted by molar-refractivity contribution is -0.136. The van der Waals surface area contributed by atoms with Crippen molar-refractivity contribution < 1.29 is 13.2 Å². The molecule has 112 valence electrons. The number of nitrogens with zero attached hydrogens (tertiary/aromatic N) is 3. The van der Waals surface area contributed by atoms with Crippen molar-refractivity contribution in [3.63, 3.8) is 0 Å². The zero-order valence-corrected chi connectivity index (χ0v) is 13.1. The van der Waals surface area contributed by atoms with Crippen molar-refractivity contribution in [2.45, 2.75) is 26.7 Å². The first-order chi connectivity index (χ1) is 8.84. The molecule has 1 aliphatic heterocycles. The maximum absolute atomic E-state index is 12.2. The quantitative estimate of drug-likeness (QED) is 0.735. The van der Waals surface area contributed by atoms with E-state index in [4.69, 9.17) is 0 Å². The Labute approximate surface area is 116 Å². The largest absolute Gasteiger partial charge is 0.343 e. The van der Waals surface area contributed by atoms with Crippen molar-refractivity contribution in [1.29, 1.82) is 0 Å². The predicted octanol–water partition coefficient (Wildman–Crippen LogP) is 0.373. The number of piperidine rings is 1. The Hall–Kier alpha value is -0.660. The third-order valence-corrected chi connectivity index (χ3v) is 5.61. The van der Waals surface area contributed by atoms with Gasteiger partial charge in [0.2, 0.25) is 5.91 Å². The molecule has 0 aromatic carbocycles. The second-order valence-electron chi connectivity index (χ2n) is 4.97. The summed E-state index contributed by atoms with van der Waals surface area (Å²) < 4.78 is 26.6. The van der Waals surface area contributed by atoms with Gasteiger partial charge in [-0.25, -0.2) is 0 Å². The first-order valence-electron chi connectivity index (χ1n) is 6.80. The van der Waals surface area contributed by atoms with E-state index in [9.17, 15) is 13.2 Å². The van der Waals surface area contributed by atoms with Crippen LogP contribution >= 0.6 is 0 Å². The average molecular weight is 291 g/mol. The highest BCUT2D eigenvalue weighted by Gasteiger charge is 2.33. The molecule has 0 N–H and O–H groups in total. The molecule has 19 heavy (non-hydrogen) atoms. The van der Waals surface area contributed by atoms with Crippen molar-refractivity contribution in [2.75, 3.05) is 40.3 Å². The molecular weight excluding hydrogens is 266 g/mol. The third-order valence-electron chi connectivity index (χ3n) is 3.67. The summed E-state index contributed by atoms with van der Waals surface area (Å²) in [6, 6.07) is 0. The molecule has 6 nitrogen and oxygen atoms in total. The SMILES string of the molecule is CCN(CC)C(=O)C1CCN(S(=O)(=O)N(C)C)CC1. The molecular formula is C12H25N3O3S. The zero-order chi connectivity index (χ0) is 14.6. The highest BCUT2D eigenvalue weighted by molar-refractivity contribution is 7.86. The van der Waals surface area contributed by atoms with Crippen LogP contribution in [0.4, 0.5) is 0 Å². The Morgan fingerprint density at radius 1 is 1.16 bits per heavy atom. The predicted molar refractivity (Wildman–Crippen MR) is 74.8 cm³/mol. The van der Waals surface area contributed by atoms with Gasteiger partial charge in [0, 0.05) is 46.2 Å². The molecule has 0 aliphatic carbocycles. The van der Waals surface area contributed by atoms with E-state index in [0.29, 0.717) is 39.0 Å². The molecule has 1 aliphatic rings. The van der Waals surface area contributed by atoms with Crippen molar-refractivity contribution in [2.24, 2.45) is 5.92 Å². The topological polar surface area (TPSA) is 60.9 Å². The normalized spacial score (nSPS) is 18.8. The molecule has 0 radical (unpaired) electrons. The lowest BCUT2D eigenvalue weighted by atomic mass is 9.96. The molecule has 1 fully saturated rings. The Balaban J connectivity index is 2.61. The van der Waals surface area contributed by atoms with Crippen LogP contribution in [0.25, 0.3) is 0 Å². The van der Waals surface area contributed by atoms with Gasteiger partial charge in [0.1, 0.15) is 0 Å². The lowest BCUT2D eigenvalue weighted by Gasteiger charge is -2.34. The van der Waals surface area contributed by atoms with Crippen LogP contribution in [-0.2, 0) is 15.0 Å². The van der Waals surface area contributed by atoms with E-state index in [1.54, 1.807) is 0 Å². The maximum atomic E-state index is 12.2. The van der Waals surface area contributed by atoms with E-state index in [-0.39, 0.29) is 11.8 Å². The highest BCUT2D eigenvalue weighted by Crippen LogP contribution is 2.22. The number of amides is 1. The van der Waals surface area contributed by atoms with E-state index in [0.717, 1.165) is 0 Å². The highest BCUT2D eigenvalue weighted by atomic mass is 32.2. The number of carbonyl (C=O) groups excluding carboxylic acids is 1. The molecule has 0 aromatic heterocycles. The Morgan fingerprint density at radius 3 is 2.00 bits per heavy atom. The van der Waals surface area contributed by atoms with Crippen LogP contribution in [0.15, 0.2) is 0 Å². The minimum Gasteiger partial charge on any atom is -0.343 e. The fourth-order valence-electron chi connectivity index (χ4n) is 2.36. The molecule has 0 unspecified atom stereocenters. The lowest BCUT2D eigenvalue weighted by Crippen LogP contribution is -2.47. The molecule has 0 atom stereocenters. The molecule has 1 heterocycles. The summed E-state index contributed by atoms with van der Waals surface area (Å²) in [5, 5.41) is 0. The molecule has 0 bridgehead atoms. The van der Waals surface area contributed by atoms with Gasteiger partial charge in [-0.15, -0.1) is 0 Å². The van der Waals surface area contributed by atoms with Crippen molar-refractivity contribution in [3.8, 4) is 0 Å². The Bertz CT molecular complexity index is 396. The van der Waals surface area contributed by atoms with Crippen LogP contribution in [0.1, 0.15) is 26.7 Å². The van der Waals surface area contributed by atoms with Gasteiger partial charge < -0.3 is 4.90 Å².